The maximum Gasteiger partial charge on any atom is 0.254 e. The Balaban J connectivity index is 1.39. The van der Waals surface area contributed by atoms with Gasteiger partial charge in [0, 0.05) is 43.4 Å². The highest BCUT2D eigenvalue weighted by Gasteiger charge is 2.35. The molecule has 142 valence electrons. The van der Waals surface area contributed by atoms with Crippen LogP contribution in [0.4, 0.5) is 0 Å². The highest BCUT2D eigenvalue weighted by atomic mass is 16.1. The smallest absolute Gasteiger partial charge is 0.254 e. The third-order valence-corrected chi connectivity index (χ3v) is 7.00. The van der Waals surface area contributed by atoms with Crippen molar-refractivity contribution in [2.24, 2.45) is 5.92 Å². The molecule has 0 amide bonds. The van der Waals surface area contributed by atoms with Gasteiger partial charge in [0.15, 0.2) is 0 Å². The summed E-state index contributed by atoms with van der Waals surface area (Å²) in [5.41, 5.74) is 4.10. The van der Waals surface area contributed by atoms with E-state index in [0.29, 0.717) is 23.3 Å². The van der Waals surface area contributed by atoms with Crippen molar-refractivity contribution in [2.45, 2.75) is 63.5 Å². The van der Waals surface area contributed by atoms with E-state index in [1.807, 2.05) is 0 Å². The number of piperidine rings is 1. The van der Waals surface area contributed by atoms with Gasteiger partial charge in [-0.2, -0.15) is 0 Å². The zero-order valence-electron chi connectivity index (χ0n) is 16.1. The zero-order chi connectivity index (χ0) is 18.2. The quantitative estimate of drug-likeness (QED) is 0.802. The summed E-state index contributed by atoms with van der Waals surface area (Å²) in [4.78, 5) is 15.9. The first-order valence-electron chi connectivity index (χ1n) is 10.8. The third-order valence-electron chi connectivity index (χ3n) is 7.00. The van der Waals surface area contributed by atoms with Crippen molar-refractivity contribution >= 4 is 0 Å². The first-order chi connectivity index (χ1) is 13.3. The van der Waals surface area contributed by atoms with Gasteiger partial charge in [0.05, 0.1) is 0 Å². The summed E-state index contributed by atoms with van der Waals surface area (Å²) in [6, 6.07) is 15.3. The molecule has 0 radical (unpaired) electrons. The van der Waals surface area contributed by atoms with E-state index in [-0.39, 0.29) is 0 Å². The SMILES string of the molecule is O=c1c(C2CCCCC2)ccc2n1C[C@H]1C[C@@H]2CN(Cc2ccccc2)C1. The summed E-state index contributed by atoms with van der Waals surface area (Å²) >= 11 is 0. The molecule has 1 aromatic heterocycles. The molecular weight excluding hydrogens is 332 g/mol. The Kier molecular flexibility index (Phi) is 4.65. The van der Waals surface area contributed by atoms with E-state index < -0.39 is 0 Å². The normalized spacial score (nSPS) is 25.9. The summed E-state index contributed by atoms with van der Waals surface area (Å²) in [6.45, 7) is 4.13. The maximum atomic E-state index is 13.3. The van der Waals surface area contributed by atoms with Crippen LogP contribution in [0.3, 0.4) is 0 Å². The van der Waals surface area contributed by atoms with Crippen molar-refractivity contribution < 1.29 is 0 Å². The van der Waals surface area contributed by atoms with E-state index >= 15 is 0 Å². The second-order valence-electron chi connectivity index (χ2n) is 8.94. The molecule has 2 aromatic rings. The molecule has 1 aliphatic carbocycles. The van der Waals surface area contributed by atoms with Crippen molar-refractivity contribution in [3.05, 3.63) is 69.6 Å². The molecule has 2 bridgehead atoms. The Labute approximate surface area is 162 Å². The molecule has 2 aliphatic heterocycles. The molecule has 3 heterocycles. The lowest BCUT2D eigenvalue weighted by atomic mass is 9.81. The van der Waals surface area contributed by atoms with Crippen LogP contribution in [0.15, 0.2) is 47.3 Å². The Morgan fingerprint density at radius 2 is 1.67 bits per heavy atom. The molecule has 3 heteroatoms. The van der Waals surface area contributed by atoms with Gasteiger partial charge in [-0.15, -0.1) is 0 Å². The van der Waals surface area contributed by atoms with Crippen LogP contribution < -0.4 is 5.56 Å². The number of benzene rings is 1. The van der Waals surface area contributed by atoms with Crippen LogP contribution in [0.2, 0.25) is 0 Å². The highest BCUT2D eigenvalue weighted by Crippen LogP contribution is 2.37. The Morgan fingerprint density at radius 1 is 0.852 bits per heavy atom. The minimum Gasteiger partial charge on any atom is -0.312 e. The lowest BCUT2D eigenvalue weighted by molar-refractivity contribution is 0.114. The van der Waals surface area contributed by atoms with Crippen LogP contribution in [0.25, 0.3) is 0 Å². The molecule has 0 N–H and O–H groups in total. The fourth-order valence-electron chi connectivity index (χ4n) is 5.76. The Hall–Kier alpha value is -1.87. The van der Waals surface area contributed by atoms with Gasteiger partial charge in [0.2, 0.25) is 0 Å². The number of rotatable bonds is 3. The van der Waals surface area contributed by atoms with Crippen LogP contribution in [0, 0.1) is 5.92 Å². The fourth-order valence-corrected chi connectivity index (χ4v) is 5.76. The first-order valence-corrected chi connectivity index (χ1v) is 10.8. The fraction of sp³-hybridized carbons (Fsp3) is 0.542. The van der Waals surface area contributed by atoms with E-state index in [9.17, 15) is 4.79 Å². The largest absolute Gasteiger partial charge is 0.312 e. The van der Waals surface area contributed by atoms with Crippen molar-refractivity contribution in [3.8, 4) is 0 Å². The Morgan fingerprint density at radius 3 is 2.48 bits per heavy atom. The number of hydrogen-bond donors (Lipinski definition) is 0. The monoisotopic (exact) mass is 362 g/mol. The predicted octanol–water partition coefficient (Wildman–Crippen LogP) is 4.52. The van der Waals surface area contributed by atoms with Crippen LogP contribution in [-0.4, -0.2) is 22.6 Å². The molecule has 1 saturated carbocycles. The number of likely N-dealkylation sites (tertiary alicyclic amines) is 1. The zero-order valence-corrected chi connectivity index (χ0v) is 16.1. The molecule has 3 aliphatic rings. The van der Waals surface area contributed by atoms with E-state index in [1.165, 1.54) is 49.8 Å². The second-order valence-corrected chi connectivity index (χ2v) is 8.94. The van der Waals surface area contributed by atoms with Crippen molar-refractivity contribution in [2.75, 3.05) is 13.1 Å². The molecule has 1 aromatic carbocycles. The predicted molar refractivity (Wildman–Crippen MR) is 109 cm³/mol. The molecule has 27 heavy (non-hydrogen) atoms. The van der Waals surface area contributed by atoms with Gasteiger partial charge in [0.25, 0.3) is 5.56 Å². The van der Waals surface area contributed by atoms with E-state index in [2.05, 4.69) is 51.9 Å². The second kappa shape index (κ2) is 7.27. The van der Waals surface area contributed by atoms with Crippen molar-refractivity contribution in [3.63, 3.8) is 0 Å². The summed E-state index contributed by atoms with van der Waals surface area (Å²) < 4.78 is 2.16. The summed E-state index contributed by atoms with van der Waals surface area (Å²) in [5.74, 6) is 1.62. The minimum absolute atomic E-state index is 0.325. The molecule has 3 nitrogen and oxygen atoms in total. The van der Waals surface area contributed by atoms with Gasteiger partial charge < -0.3 is 4.57 Å². The van der Waals surface area contributed by atoms with Crippen LogP contribution in [0.1, 0.15) is 67.2 Å². The summed E-state index contributed by atoms with van der Waals surface area (Å²) in [5, 5.41) is 0. The summed E-state index contributed by atoms with van der Waals surface area (Å²) in [6.07, 6.45) is 7.55. The van der Waals surface area contributed by atoms with E-state index in [1.54, 1.807) is 0 Å². The average Bonchev–Trinajstić information content (AvgIpc) is 2.70. The van der Waals surface area contributed by atoms with Crippen LogP contribution in [0.5, 0.6) is 0 Å². The molecule has 5 rings (SSSR count). The molecule has 0 unspecified atom stereocenters. The van der Waals surface area contributed by atoms with Crippen LogP contribution in [-0.2, 0) is 13.1 Å². The maximum absolute atomic E-state index is 13.3. The number of hydrogen-bond acceptors (Lipinski definition) is 2. The Bertz CT molecular complexity index is 850. The van der Waals surface area contributed by atoms with Gasteiger partial charge in [-0.1, -0.05) is 55.7 Å². The lowest BCUT2D eigenvalue weighted by Gasteiger charge is -2.43. The van der Waals surface area contributed by atoms with E-state index in [0.717, 1.165) is 31.7 Å². The first kappa shape index (κ1) is 17.2. The standard InChI is InChI=1S/C24H30N2O/c27-24-22(20-9-5-2-6-10-20)11-12-23-21-13-19(16-26(23)24)15-25(17-21)14-18-7-3-1-4-8-18/h1,3-4,7-8,11-12,19-21H,2,5-6,9-10,13-17H2/t19-,21+/m0/s1. The number of fused-ring (bicyclic) bond motifs is 4. The molecular formula is C24H30N2O. The molecule has 2 atom stereocenters. The van der Waals surface area contributed by atoms with Gasteiger partial charge in [-0.25, -0.2) is 0 Å². The third kappa shape index (κ3) is 3.38. The number of nitrogens with zero attached hydrogens (tertiary/aromatic N) is 2. The van der Waals surface area contributed by atoms with Gasteiger partial charge in [-0.05, 0) is 42.7 Å². The lowest BCUT2D eigenvalue weighted by Crippen LogP contribution is -2.47. The molecule has 0 spiro atoms. The molecule has 1 saturated heterocycles. The van der Waals surface area contributed by atoms with Gasteiger partial charge >= 0.3 is 0 Å². The number of aromatic nitrogens is 1. The van der Waals surface area contributed by atoms with Crippen molar-refractivity contribution in [1.82, 2.24) is 9.47 Å². The van der Waals surface area contributed by atoms with E-state index in [4.69, 9.17) is 0 Å². The number of pyridine rings is 1. The summed E-state index contributed by atoms with van der Waals surface area (Å²) in [7, 11) is 0. The topological polar surface area (TPSA) is 25.2 Å². The van der Waals surface area contributed by atoms with Gasteiger partial charge in [0.1, 0.15) is 0 Å². The van der Waals surface area contributed by atoms with Crippen LogP contribution >= 0.6 is 0 Å². The average molecular weight is 363 g/mol. The van der Waals surface area contributed by atoms with Crippen molar-refractivity contribution in [1.29, 1.82) is 0 Å². The van der Waals surface area contributed by atoms with Gasteiger partial charge in [-0.3, -0.25) is 9.69 Å². The highest BCUT2D eigenvalue weighted by molar-refractivity contribution is 5.25. The molecule has 2 fully saturated rings. The minimum atomic E-state index is 0.325.